The molecule has 1 aromatic rings. The number of H-pyrrole nitrogens is 1. The molecule has 2 rings (SSSR count). The highest BCUT2D eigenvalue weighted by Gasteiger charge is 2.43. The summed E-state index contributed by atoms with van der Waals surface area (Å²) in [6, 6.07) is 0. The van der Waals surface area contributed by atoms with E-state index in [-0.39, 0.29) is 5.60 Å². The first-order chi connectivity index (χ1) is 7.58. The maximum absolute atomic E-state index is 5.92. The van der Waals surface area contributed by atoms with Gasteiger partial charge in [-0.3, -0.25) is 0 Å². The number of aromatic amines is 1. The van der Waals surface area contributed by atoms with E-state index in [4.69, 9.17) is 4.74 Å². The maximum Gasteiger partial charge on any atom is 0.206 e. The van der Waals surface area contributed by atoms with Crippen LogP contribution < -0.4 is 0 Å². The lowest BCUT2D eigenvalue weighted by Crippen LogP contribution is -2.38. The van der Waals surface area contributed by atoms with Gasteiger partial charge >= 0.3 is 0 Å². The zero-order valence-corrected chi connectivity index (χ0v) is 10.3. The summed E-state index contributed by atoms with van der Waals surface area (Å²) in [6.07, 6.45) is 4.24. The molecule has 0 radical (unpaired) electrons. The van der Waals surface area contributed by atoms with Crippen LogP contribution in [0.5, 0.6) is 0 Å². The predicted molar refractivity (Wildman–Crippen MR) is 59.7 cm³/mol. The van der Waals surface area contributed by atoms with Crippen LogP contribution in [0.4, 0.5) is 0 Å². The van der Waals surface area contributed by atoms with E-state index in [2.05, 4.69) is 34.5 Å². The van der Waals surface area contributed by atoms with Crippen molar-refractivity contribution in [3.05, 3.63) is 5.82 Å². The van der Waals surface area contributed by atoms with Crippen molar-refractivity contribution in [3.8, 4) is 0 Å². The molecule has 0 saturated heterocycles. The van der Waals surface area contributed by atoms with Crippen LogP contribution in [-0.4, -0.2) is 27.2 Å². The van der Waals surface area contributed by atoms with E-state index in [9.17, 15) is 0 Å². The third-order valence-electron chi connectivity index (χ3n) is 3.58. The Morgan fingerprint density at radius 3 is 2.44 bits per heavy atom. The monoisotopic (exact) mass is 224 g/mol. The number of hydrogen-bond acceptors (Lipinski definition) is 4. The number of nitrogens with zero attached hydrogens (tertiary/aromatic N) is 3. The third kappa shape index (κ3) is 2.09. The summed E-state index contributed by atoms with van der Waals surface area (Å²) < 4.78 is 5.92. The maximum atomic E-state index is 5.92. The Morgan fingerprint density at radius 2 is 1.94 bits per heavy atom. The summed E-state index contributed by atoms with van der Waals surface area (Å²) in [5, 5.41) is 14.4. The number of hydrogen-bond donors (Lipinski definition) is 1. The largest absolute Gasteiger partial charge is 0.367 e. The lowest BCUT2D eigenvalue weighted by atomic mass is 9.70. The number of ether oxygens (including phenoxy) is 1. The SMILES string of the molecule is CCOC1(c2nn[nH]n2)CCC(C)(C)CC1. The molecule has 0 unspecified atom stereocenters. The average Bonchev–Trinajstić information content (AvgIpc) is 2.76. The van der Waals surface area contributed by atoms with E-state index in [0.717, 1.165) is 25.7 Å². The fourth-order valence-electron chi connectivity index (χ4n) is 2.39. The predicted octanol–water partition coefficient (Wildman–Crippen LogP) is 2.03. The van der Waals surface area contributed by atoms with E-state index in [1.165, 1.54) is 0 Å². The summed E-state index contributed by atoms with van der Waals surface area (Å²) >= 11 is 0. The Labute approximate surface area is 96.0 Å². The normalized spacial score (nSPS) is 23.2. The Morgan fingerprint density at radius 1 is 1.25 bits per heavy atom. The first kappa shape index (κ1) is 11.5. The summed E-state index contributed by atoms with van der Waals surface area (Å²) in [6.45, 7) is 7.31. The van der Waals surface area contributed by atoms with E-state index in [1.807, 2.05) is 6.92 Å². The molecule has 0 aromatic carbocycles. The number of aromatic nitrogens is 4. The van der Waals surface area contributed by atoms with Gasteiger partial charge in [0.05, 0.1) is 0 Å². The molecule has 0 bridgehead atoms. The molecule has 1 aliphatic carbocycles. The van der Waals surface area contributed by atoms with Crippen molar-refractivity contribution in [2.75, 3.05) is 6.61 Å². The molecule has 16 heavy (non-hydrogen) atoms. The Hall–Kier alpha value is -0.970. The second-order valence-electron chi connectivity index (χ2n) is 5.33. The van der Waals surface area contributed by atoms with Crippen LogP contribution in [-0.2, 0) is 10.3 Å². The first-order valence-electron chi connectivity index (χ1n) is 5.96. The second-order valence-corrected chi connectivity index (χ2v) is 5.33. The molecule has 5 heteroatoms. The lowest BCUT2D eigenvalue weighted by molar-refractivity contribution is -0.0947. The van der Waals surface area contributed by atoms with Crippen LogP contribution in [0, 0.1) is 5.41 Å². The van der Waals surface area contributed by atoms with E-state index in [1.54, 1.807) is 0 Å². The first-order valence-corrected chi connectivity index (χ1v) is 5.96. The second kappa shape index (κ2) is 4.13. The van der Waals surface area contributed by atoms with Crippen LogP contribution in [0.1, 0.15) is 52.3 Å². The van der Waals surface area contributed by atoms with E-state index in [0.29, 0.717) is 17.8 Å². The minimum Gasteiger partial charge on any atom is -0.367 e. The lowest BCUT2D eigenvalue weighted by Gasteiger charge is -2.41. The highest BCUT2D eigenvalue weighted by molar-refractivity contribution is 5.02. The van der Waals surface area contributed by atoms with Gasteiger partial charge in [0.1, 0.15) is 5.60 Å². The number of nitrogens with one attached hydrogen (secondary N) is 1. The summed E-state index contributed by atoms with van der Waals surface area (Å²) in [7, 11) is 0. The molecule has 0 aliphatic heterocycles. The molecule has 1 N–H and O–H groups in total. The molecule has 1 heterocycles. The molecule has 1 fully saturated rings. The van der Waals surface area contributed by atoms with Crippen molar-refractivity contribution in [1.29, 1.82) is 0 Å². The van der Waals surface area contributed by atoms with Gasteiger partial charge in [-0.1, -0.05) is 19.1 Å². The summed E-state index contributed by atoms with van der Waals surface area (Å²) in [5.74, 6) is 0.713. The van der Waals surface area contributed by atoms with Crippen molar-refractivity contribution in [2.45, 2.75) is 52.1 Å². The zero-order chi connectivity index (χ0) is 11.6. The van der Waals surface area contributed by atoms with E-state index >= 15 is 0 Å². The fraction of sp³-hybridized carbons (Fsp3) is 0.909. The molecule has 1 aromatic heterocycles. The van der Waals surface area contributed by atoms with Gasteiger partial charge in [0.15, 0.2) is 0 Å². The van der Waals surface area contributed by atoms with Crippen molar-refractivity contribution >= 4 is 0 Å². The molecule has 0 amide bonds. The van der Waals surface area contributed by atoms with Crippen LogP contribution in [0.3, 0.4) is 0 Å². The summed E-state index contributed by atoms with van der Waals surface area (Å²) in [5.41, 5.74) is 0.0988. The highest BCUT2D eigenvalue weighted by atomic mass is 16.5. The number of rotatable bonds is 3. The Balaban J connectivity index is 2.19. The molecule has 0 spiro atoms. The molecule has 1 saturated carbocycles. The van der Waals surface area contributed by atoms with Gasteiger partial charge in [0, 0.05) is 6.61 Å². The van der Waals surface area contributed by atoms with Gasteiger partial charge in [0.25, 0.3) is 0 Å². The molecular weight excluding hydrogens is 204 g/mol. The topological polar surface area (TPSA) is 63.7 Å². The fourth-order valence-corrected chi connectivity index (χ4v) is 2.39. The van der Waals surface area contributed by atoms with Crippen molar-refractivity contribution in [1.82, 2.24) is 20.6 Å². The van der Waals surface area contributed by atoms with Gasteiger partial charge in [-0.15, -0.1) is 10.2 Å². The Kier molecular flexibility index (Phi) is 2.97. The van der Waals surface area contributed by atoms with Gasteiger partial charge < -0.3 is 4.74 Å². The van der Waals surface area contributed by atoms with Crippen molar-refractivity contribution in [2.24, 2.45) is 5.41 Å². The highest BCUT2D eigenvalue weighted by Crippen LogP contribution is 2.46. The Bertz CT molecular complexity index is 324. The van der Waals surface area contributed by atoms with Crippen molar-refractivity contribution in [3.63, 3.8) is 0 Å². The van der Waals surface area contributed by atoms with Gasteiger partial charge in [0.2, 0.25) is 5.82 Å². The quantitative estimate of drug-likeness (QED) is 0.853. The molecular formula is C11H20N4O. The van der Waals surface area contributed by atoms with Gasteiger partial charge in [-0.2, -0.15) is 5.21 Å². The molecule has 90 valence electrons. The van der Waals surface area contributed by atoms with Gasteiger partial charge in [-0.05, 0) is 38.0 Å². The molecule has 1 aliphatic rings. The average molecular weight is 224 g/mol. The smallest absolute Gasteiger partial charge is 0.206 e. The van der Waals surface area contributed by atoms with Crippen LogP contribution in [0.25, 0.3) is 0 Å². The van der Waals surface area contributed by atoms with E-state index < -0.39 is 0 Å². The van der Waals surface area contributed by atoms with Crippen LogP contribution in [0.15, 0.2) is 0 Å². The third-order valence-corrected chi connectivity index (χ3v) is 3.58. The number of tetrazole rings is 1. The standard InChI is InChI=1S/C11H20N4O/c1-4-16-11(9-12-14-15-13-9)7-5-10(2,3)6-8-11/h4-8H2,1-3H3,(H,12,13,14,15). The summed E-state index contributed by atoms with van der Waals surface area (Å²) in [4.78, 5) is 0. The van der Waals surface area contributed by atoms with Gasteiger partial charge in [-0.25, -0.2) is 0 Å². The van der Waals surface area contributed by atoms with Crippen molar-refractivity contribution < 1.29 is 4.74 Å². The molecule has 0 atom stereocenters. The minimum atomic E-state index is -0.308. The zero-order valence-electron chi connectivity index (χ0n) is 10.3. The minimum absolute atomic E-state index is 0.308. The van der Waals surface area contributed by atoms with Crippen LogP contribution in [0.2, 0.25) is 0 Å². The molecule has 5 nitrogen and oxygen atoms in total. The van der Waals surface area contributed by atoms with Crippen LogP contribution >= 0.6 is 0 Å².